The van der Waals surface area contributed by atoms with E-state index >= 15 is 0 Å². The van der Waals surface area contributed by atoms with Gasteiger partial charge in [-0.05, 0) is 54.8 Å². The Balaban J connectivity index is 1.89. The first-order chi connectivity index (χ1) is 5.74. The van der Waals surface area contributed by atoms with Gasteiger partial charge >= 0.3 is 0 Å². The van der Waals surface area contributed by atoms with Crippen molar-refractivity contribution in [3.05, 3.63) is 0 Å². The first-order valence-electron chi connectivity index (χ1n) is 5.74. The minimum atomic E-state index is 0.756. The van der Waals surface area contributed by atoms with Crippen LogP contribution >= 0.6 is 0 Å². The van der Waals surface area contributed by atoms with Crippen molar-refractivity contribution in [2.24, 2.45) is 29.1 Å². The molecule has 12 heavy (non-hydrogen) atoms. The summed E-state index contributed by atoms with van der Waals surface area (Å²) in [6.45, 7) is 4.95. The lowest BCUT2D eigenvalue weighted by atomic mass is 9.57. The maximum absolute atomic E-state index is 2.55. The molecule has 0 aliphatic heterocycles. The highest BCUT2D eigenvalue weighted by Crippen LogP contribution is 2.68. The van der Waals surface area contributed by atoms with E-state index in [1.54, 1.807) is 25.7 Å². The van der Waals surface area contributed by atoms with Gasteiger partial charge in [-0.25, -0.2) is 0 Å². The molecule has 68 valence electrons. The minimum absolute atomic E-state index is 0.756. The van der Waals surface area contributed by atoms with Gasteiger partial charge in [-0.2, -0.15) is 0 Å². The highest BCUT2D eigenvalue weighted by Gasteiger charge is 2.59. The summed E-state index contributed by atoms with van der Waals surface area (Å²) in [6, 6.07) is 0. The van der Waals surface area contributed by atoms with Crippen molar-refractivity contribution in [1.29, 1.82) is 0 Å². The number of fused-ring (bicyclic) bond motifs is 5. The van der Waals surface area contributed by atoms with E-state index in [4.69, 9.17) is 0 Å². The Kier molecular flexibility index (Phi) is 1.28. The molecule has 0 spiro atoms. The summed E-state index contributed by atoms with van der Waals surface area (Å²) in [5, 5.41) is 0. The molecule has 0 radical (unpaired) electrons. The van der Waals surface area contributed by atoms with Gasteiger partial charge in [0.05, 0.1) is 0 Å². The molecule has 3 aliphatic rings. The quantitative estimate of drug-likeness (QED) is 0.556. The van der Waals surface area contributed by atoms with E-state index in [2.05, 4.69) is 13.8 Å². The topological polar surface area (TPSA) is 0 Å². The fraction of sp³-hybridized carbons (Fsp3) is 1.00. The van der Waals surface area contributed by atoms with Gasteiger partial charge in [0, 0.05) is 0 Å². The first-order valence-corrected chi connectivity index (χ1v) is 5.74. The van der Waals surface area contributed by atoms with E-state index in [1.165, 1.54) is 18.3 Å². The third-order valence-electron chi connectivity index (χ3n) is 5.49. The molecule has 0 aromatic heterocycles. The summed E-state index contributed by atoms with van der Waals surface area (Å²) in [7, 11) is 0. The van der Waals surface area contributed by atoms with Crippen LogP contribution < -0.4 is 0 Å². The van der Waals surface area contributed by atoms with Crippen molar-refractivity contribution in [2.45, 2.75) is 46.0 Å². The van der Waals surface area contributed by atoms with Crippen molar-refractivity contribution in [2.75, 3.05) is 0 Å². The predicted molar refractivity (Wildman–Crippen MR) is 50.8 cm³/mol. The highest BCUT2D eigenvalue weighted by molar-refractivity contribution is 5.09. The van der Waals surface area contributed by atoms with Crippen LogP contribution in [0.3, 0.4) is 0 Å². The molecular formula is C12H20. The molecule has 0 heteroatoms. The molecule has 0 aromatic carbocycles. The largest absolute Gasteiger partial charge is 0.0649 e. The fourth-order valence-electron chi connectivity index (χ4n) is 4.51. The lowest BCUT2D eigenvalue weighted by Gasteiger charge is -2.48. The lowest BCUT2D eigenvalue weighted by molar-refractivity contribution is 0.0127. The molecule has 5 atom stereocenters. The van der Waals surface area contributed by atoms with Crippen LogP contribution in [0.1, 0.15) is 46.0 Å². The molecule has 0 heterocycles. The van der Waals surface area contributed by atoms with E-state index in [-0.39, 0.29) is 0 Å². The van der Waals surface area contributed by atoms with Gasteiger partial charge in [-0.3, -0.25) is 0 Å². The maximum Gasteiger partial charge on any atom is -0.0295 e. The second kappa shape index (κ2) is 2.08. The van der Waals surface area contributed by atoms with Gasteiger partial charge in [0.1, 0.15) is 0 Å². The van der Waals surface area contributed by atoms with Crippen LogP contribution in [0, 0.1) is 29.1 Å². The second-order valence-electron chi connectivity index (χ2n) is 5.72. The van der Waals surface area contributed by atoms with E-state index in [9.17, 15) is 0 Å². The molecule has 3 fully saturated rings. The summed E-state index contributed by atoms with van der Waals surface area (Å²) in [5.74, 6) is 4.65. The van der Waals surface area contributed by atoms with Gasteiger partial charge in [0.25, 0.3) is 0 Å². The molecule has 0 saturated heterocycles. The molecular weight excluding hydrogens is 144 g/mol. The monoisotopic (exact) mass is 164 g/mol. The van der Waals surface area contributed by atoms with E-state index in [0.717, 1.165) is 17.3 Å². The van der Waals surface area contributed by atoms with Crippen LogP contribution in [0.25, 0.3) is 0 Å². The van der Waals surface area contributed by atoms with Gasteiger partial charge < -0.3 is 0 Å². The Morgan fingerprint density at radius 2 is 2.00 bits per heavy atom. The Morgan fingerprint density at radius 3 is 2.50 bits per heavy atom. The second-order valence-corrected chi connectivity index (χ2v) is 5.72. The van der Waals surface area contributed by atoms with Crippen LogP contribution in [0.5, 0.6) is 0 Å². The standard InChI is InChI=1S/C12H20/c1-3-12(2)7-8-6-11(12)10-5-4-9(8)10/h8-11H,3-7H2,1-2H3. The Bertz CT molecular complexity index is 206. The van der Waals surface area contributed by atoms with Gasteiger partial charge in [-0.1, -0.05) is 20.3 Å². The molecule has 5 unspecified atom stereocenters. The molecule has 2 bridgehead atoms. The van der Waals surface area contributed by atoms with E-state index < -0.39 is 0 Å². The summed E-state index contributed by atoms with van der Waals surface area (Å²) in [5.41, 5.74) is 0.756. The van der Waals surface area contributed by atoms with Crippen molar-refractivity contribution >= 4 is 0 Å². The van der Waals surface area contributed by atoms with Crippen molar-refractivity contribution in [3.63, 3.8) is 0 Å². The third kappa shape index (κ3) is 0.661. The molecule has 3 rings (SSSR count). The number of hydrogen-bond acceptors (Lipinski definition) is 0. The summed E-state index contributed by atoms with van der Waals surface area (Å²) < 4.78 is 0. The van der Waals surface area contributed by atoms with Crippen LogP contribution in [0.15, 0.2) is 0 Å². The molecule has 0 amide bonds. The van der Waals surface area contributed by atoms with Gasteiger partial charge in [-0.15, -0.1) is 0 Å². The summed E-state index contributed by atoms with van der Waals surface area (Å²) >= 11 is 0. The van der Waals surface area contributed by atoms with Crippen LogP contribution in [0.4, 0.5) is 0 Å². The first kappa shape index (κ1) is 7.41. The van der Waals surface area contributed by atoms with Crippen LogP contribution in [-0.4, -0.2) is 0 Å². The predicted octanol–water partition coefficient (Wildman–Crippen LogP) is 3.47. The lowest BCUT2D eigenvalue weighted by Crippen LogP contribution is -2.40. The smallest absolute Gasteiger partial charge is 0.0295 e. The molecule has 0 N–H and O–H groups in total. The van der Waals surface area contributed by atoms with Crippen molar-refractivity contribution in [1.82, 2.24) is 0 Å². The minimum Gasteiger partial charge on any atom is -0.0649 e. The Hall–Kier alpha value is 0. The van der Waals surface area contributed by atoms with Crippen LogP contribution in [0.2, 0.25) is 0 Å². The number of hydrogen-bond donors (Lipinski definition) is 0. The third-order valence-corrected chi connectivity index (χ3v) is 5.49. The van der Waals surface area contributed by atoms with Crippen molar-refractivity contribution in [3.8, 4) is 0 Å². The average molecular weight is 164 g/mol. The zero-order chi connectivity index (χ0) is 8.34. The average Bonchev–Trinajstić information content (AvgIpc) is 2.38. The SMILES string of the molecule is CCC1(C)CC2CC1C1CCC21. The Morgan fingerprint density at radius 1 is 1.25 bits per heavy atom. The van der Waals surface area contributed by atoms with E-state index in [1.807, 2.05) is 0 Å². The zero-order valence-corrected chi connectivity index (χ0v) is 8.34. The van der Waals surface area contributed by atoms with Gasteiger partial charge in [0.2, 0.25) is 0 Å². The maximum atomic E-state index is 2.55. The Labute approximate surface area is 75.7 Å². The molecule has 3 aliphatic carbocycles. The van der Waals surface area contributed by atoms with Crippen molar-refractivity contribution < 1.29 is 0 Å². The van der Waals surface area contributed by atoms with Crippen LogP contribution in [-0.2, 0) is 0 Å². The summed E-state index contributed by atoms with van der Waals surface area (Å²) in [4.78, 5) is 0. The van der Waals surface area contributed by atoms with E-state index in [0.29, 0.717) is 0 Å². The molecule has 0 nitrogen and oxygen atoms in total. The fourth-order valence-corrected chi connectivity index (χ4v) is 4.51. The molecule has 0 aromatic rings. The zero-order valence-electron chi connectivity index (χ0n) is 8.34. The highest BCUT2D eigenvalue weighted by atomic mass is 14.6. The summed E-state index contributed by atoms with van der Waals surface area (Å²) in [6.07, 6.45) is 7.74. The number of rotatable bonds is 1. The normalized spacial score (nSPS) is 61.5. The van der Waals surface area contributed by atoms with Gasteiger partial charge in [0.15, 0.2) is 0 Å². The molecule has 3 saturated carbocycles.